The molecule has 0 aliphatic carbocycles. The van der Waals surface area contributed by atoms with Crippen LogP contribution >= 0.6 is 11.6 Å². The Hall–Kier alpha value is -1.87. The molecule has 1 aliphatic rings. The first-order chi connectivity index (χ1) is 10.2. The Bertz CT molecular complexity index is 671. The third-order valence-corrected chi connectivity index (χ3v) is 4.21. The SMILES string of the molecule is Cc1ccccc1C1CCCN1C(=O)c1cccc(Cl)n1. The molecule has 1 amide bonds. The van der Waals surface area contributed by atoms with E-state index in [4.69, 9.17) is 11.6 Å². The van der Waals surface area contributed by atoms with E-state index in [2.05, 4.69) is 24.0 Å². The average molecular weight is 301 g/mol. The molecule has 0 saturated carbocycles. The molecule has 0 bridgehead atoms. The fourth-order valence-electron chi connectivity index (χ4n) is 2.97. The molecule has 108 valence electrons. The van der Waals surface area contributed by atoms with Gasteiger partial charge in [-0.2, -0.15) is 0 Å². The molecule has 1 fully saturated rings. The number of amides is 1. The molecule has 0 spiro atoms. The van der Waals surface area contributed by atoms with E-state index in [1.165, 1.54) is 11.1 Å². The van der Waals surface area contributed by atoms with E-state index in [1.807, 2.05) is 17.0 Å². The minimum atomic E-state index is -0.0387. The van der Waals surface area contributed by atoms with Crippen molar-refractivity contribution in [3.8, 4) is 0 Å². The monoisotopic (exact) mass is 300 g/mol. The van der Waals surface area contributed by atoms with Crippen molar-refractivity contribution in [2.24, 2.45) is 0 Å². The van der Waals surface area contributed by atoms with Crippen LogP contribution in [0.4, 0.5) is 0 Å². The molecule has 3 nitrogen and oxygen atoms in total. The summed E-state index contributed by atoms with van der Waals surface area (Å²) in [6.45, 7) is 2.86. The second kappa shape index (κ2) is 5.86. The summed E-state index contributed by atoms with van der Waals surface area (Å²) in [5.74, 6) is -0.0387. The first-order valence-electron chi connectivity index (χ1n) is 7.16. The maximum absolute atomic E-state index is 12.7. The van der Waals surface area contributed by atoms with Gasteiger partial charge in [-0.25, -0.2) is 4.98 Å². The molecular weight excluding hydrogens is 284 g/mol. The summed E-state index contributed by atoms with van der Waals surface area (Å²) < 4.78 is 0. The number of halogens is 1. The summed E-state index contributed by atoms with van der Waals surface area (Å²) in [6.07, 6.45) is 2.02. The molecule has 1 saturated heterocycles. The van der Waals surface area contributed by atoms with Crippen LogP contribution in [0.1, 0.15) is 40.5 Å². The zero-order valence-electron chi connectivity index (χ0n) is 11.9. The normalized spacial score (nSPS) is 18.0. The predicted octanol–water partition coefficient (Wildman–Crippen LogP) is 4.02. The van der Waals surface area contributed by atoms with E-state index >= 15 is 0 Å². The van der Waals surface area contributed by atoms with Crippen molar-refractivity contribution >= 4 is 17.5 Å². The van der Waals surface area contributed by atoms with Crippen LogP contribution in [0, 0.1) is 6.92 Å². The second-order valence-electron chi connectivity index (χ2n) is 5.36. The summed E-state index contributed by atoms with van der Waals surface area (Å²) in [5, 5.41) is 0.354. The Morgan fingerprint density at radius 2 is 2.05 bits per heavy atom. The van der Waals surface area contributed by atoms with Gasteiger partial charge in [0.25, 0.3) is 5.91 Å². The Labute approximate surface area is 129 Å². The number of carbonyl (C=O) groups excluding carboxylic acids is 1. The molecule has 1 aromatic heterocycles. The molecule has 0 radical (unpaired) electrons. The third kappa shape index (κ3) is 2.79. The Balaban J connectivity index is 1.91. The molecule has 1 atom stereocenters. The molecule has 4 heteroatoms. The van der Waals surface area contributed by atoms with E-state index in [1.54, 1.807) is 18.2 Å². The zero-order chi connectivity index (χ0) is 14.8. The van der Waals surface area contributed by atoms with Gasteiger partial charge in [0, 0.05) is 6.54 Å². The van der Waals surface area contributed by atoms with Crippen molar-refractivity contribution in [1.29, 1.82) is 0 Å². The van der Waals surface area contributed by atoms with Crippen molar-refractivity contribution in [1.82, 2.24) is 9.88 Å². The minimum Gasteiger partial charge on any atom is -0.330 e. The van der Waals surface area contributed by atoms with E-state index in [9.17, 15) is 4.79 Å². The number of nitrogens with zero attached hydrogens (tertiary/aromatic N) is 2. The number of rotatable bonds is 2. The van der Waals surface area contributed by atoms with Gasteiger partial charge in [-0.3, -0.25) is 4.79 Å². The van der Waals surface area contributed by atoms with Crippen LogP contribution in [0.3, 0.4) is 0 Å². The van der Waals surface area contributed by atoms with Crippen LogP contribution in [-0.2, 0) is 0 Å². The van der Waals surface area contributed by atoms with Crippen LogP contribution in [0.2, 0.25) is 5.15 Å². The average Bonchev–Trinajstić information content (AvgIpc) is 2.96. The van der Waals surface area contributed by atoms with E-state index < -0.39 is 0 Å². The topological polar surface area (TPSA) is 33.2 Å². The van der Waals surface area contributed by atoms with Gasteiger partial charge in [-0.15, -0.1) is 0 Å². The summed E-state index contributed by atoms with van der Waals surface area (Å²) in [6, 6.07) is 13.6. The highest BCUT2D eigenvalue weighted by molar-refractivity contribution is 6.29. The van der Waals surface area contributed by atoms with Gasteiger partial charge in [-0.1, -0.05) is 41.9 Å². The lowest BCUT2D eigenvalue weighted by molar-refractivity contribution is 0.0729. The first kappa shape index (κ1) is 14.1. The van der Waals surface area contributed by atoms with Crippen molar-refractivity contribution in [2.75, 3.05) is 6.54 Å². The summed E-state index contributed by atoms with van der Waals surface area (Å²) in [4.78, 5) is 18.8. The lowest BCUT2D eigenvalue weighted by Crippen LogP contribution is -2.31. The van der Waals surface area contributed by atoms with Crippen molar-refractivity contribution in [3.63, 3.8) is 0 Å². The second-order valence-corrected chi connectivity index (χ2v) is 5.75. The number of carbonyl (C=O) groups is 1. The maximum atomic E-state index is 12.7. The number of pyridine rings is 1. The van der Waals surface area contributed by atoms with Gasteiger partial charge < -0.3 is 4.90 Å². The van der Waals surface area contributed by atoms with Crippen LogP contribution in [-0.4, -0.2) is 22.3 Å². The molecule has 0 N–H and O–H groups in total. The molecule has 1 unspecified atom stereocenters. The van der Waals surface area contributed by atoms with Crippen molar-refractivity contribution in [2.45, 2.75) is 25.8 Å². The van der Waals surface area contributed by atoms with Gasteiger partial charge in [0.05, 0.1) is 6.04 Å². The quantitative estimate of drug-likeness (QED) is 0.785. The fourth-order valence-corrected chi connectivity index (χ4v) is 3.13. The summed E-state index contributed by atoms with van der Waals surface area (Å²) >= 11 is 5.89. The minimum absolute atomic E-state index is 0.0387. The zero-order valence-corrected chi connectivity index (χ0v) is 12.7. The summed E-state index contributed by atoms with van der Waals surface area (Å²) in [7, 11) is 0. The Kier molecular flexibility index (Phi) is 3.93. The van der Waals surface area contributed by atoms with Gasteiger partial charge in [0.15, 0.2) is 0 Å². The number of benzene rings is 1. The van der Waals surface area contributed by atoms with Gasteiger partial charge in [0.2, 0.25) is 0 Å². The highest BCUT2D eigenvalue weighted by Gasteiger charge is 2.31. The van der Waals surface area contributed by atoms with Crippen LogP contribution in [0.5, 0.6) is 0 Å². The Morgan fingerprint density at radius 1 is 1.24 bits per heavy atom. The smallest absolute Gasteiger partial charge is 0.273 e. The standard InChI is InChI=1S/C17H17ClN2O/c1-12-6-2-3-7-13(12)15-9-5-11-20(15)17(21)14-8-4-10-16(18)19-14/h2-4,6-8,10,15H,5,9,11H2,1H3. The van der Waals surface area contributed by atoms with Gasteiger partial charge in [-0.05, 0) is 43.0 Å². The number of likely N-dealkylation sites (tertiary alicyclic amines) is 1. The molecular formula is C17H17ClN2O. The molecule has 2 heterocycles. The largest absolute Gasteiger partial charge is 0.330 e. The number of aromatic nitrogens is 1. The first-order valence-corrected chi connectivity index (χ1v) is 7.53. The highest BCUT2D eigenvalue weighted by atomic mass is 35.5. The molecule has 2 aromatic rings. The van der Waals surface area contributed by atoms with Gasteiger partial charge >= 0.3 is 0 Å². The molecule has 21 heavy (non-hydrogen) atoms. The van der Waals surface area contributed by atoms with Crippen molar-refractivity contribution in [3.05, 3.63) is 64.4 Å². The third-order valence-electron chi connectivity index (χ3n) is 4.00. The van der Waals surface area contributed by atoms with Crippen molar-refractivity contribution < 1.29 is 4.79 Å². The van der Waals surface area contributed by atoms with Gasteiger partial charge in [0.1, 0.15) is 10.8 Å². The molecule has 1 aromatic carbocycles. The van der Waals surface area contributed by atoms with Crippen LogP contribution < -0.4 is 0 Å². The van der Waals surface area contributed by atoms with Crippen LogP contribution in [0.25, 0.3) is 0 Å². The van der Waals surface area contributed by atoms with E-state index in [0.29, 0.717) is 10.8 Å². The molecule has 3 rings (SSSR count). The molecule has 1 aliphatic heterocycles. The number of hydrogen-bond acceptors (Lipinski definition) is 2. The number of hydrogen-bond donors (Lipinski definition) is 0. The van der Waals surface area contributed by atoms with E-state index in [0.717, 1.165) is 19.4 Å². The van der Waals surface area contributed by atoms with E-state index in [-0.39, 0.29) is 11.9 Å². The maximum Gasteiger partial charge on any atom is 0.273 e. The Morgan fingerprint density at radius 3 is 2.81 bits per heavy atom. The predicted molar refractivity (Wildman–Crippen MR) is 83.4 cm³/mol. The number of aryl methyl sites for hydroxylation is 1. The van der Waals surface area contributed by atoms with Crippen LogP contribution in [0.15, 0.2) is 42.5 Å². The lowest BCUT2D eigenvalue weighted by atomic mass is 9.99. The fraction of sp³-hybridized carbons (Fsp3) is 0.294. The summed E-state index contributed by atoms with van der Waals surface area (Å²) in [5.41, 5.74) is 2.87. The highest BCUT2D eigenvalue weighted by Crippen LogP contribution is 2.34. The lowest BCUT2D eigenvalue weighted by Gasteiger charge is -2.26.